The number of carbonyl (C=O) groups excluding carboxylic acids is 2. The Morgan fingerprint density at radius 3 is 2.52 bits per heavy atom. The summed E-state index contributed by atoms with van der Waals surface area (Å²) in [6.45, 7) is 5.13. The Hall–Kier alpha value is -1.95. The summed E-state index contributed by atoms with van der Waals surface area (Å²) in [6, 6.07) is 3.39. The van der Waals surface area contributed by atoms with E-state index in [1.54, 1.807) is 26.8 Å². The van der Waals surface area contributed by atoms with Crippen molar-refractivity contribution < 1.29 is 19.4 Å². The van der Waals surface area contributed by atoms with Gasteiger partial charge in [0.2, 0.25) is 5.91 Å². The summed E-state index contributed by atoms with van der Waals surface area (Å²) in [5.41, 5.74) is 5.17. The third-order valence-corrected chi connectivity index (χ3v) is 2.85. The predicted molar refractivity (Wildman–Crippen MR) is 79.2 cm³/mol. The second kappa shape index (κ2) is 6.67. The van der Waals surface area contributed by atoms with E-state index in [0.717, 1.165) is 0 Å². The molecule has 2 amide bonds. The van der Waals surface area contributed by atoms with E-state index in [-0.39, 0.29) is 17.2 Å². The van der Waals surface area contributed by atoms with Crippen LogP contribution in [0, 0.1) is 0 Å². The van der Waals surface area contributed by atoms with Crippen molar-refractivity contribution in [1.82, 2.24) is 5.32 Å². The van der Waals surface area contributed by atoms with Gasteiger partial charge in [0.1, 0.15) is 17.4 Å². The average molecular weight is 315 g/mol. The number of phenolic OH excluding ortho intramolecular Hbond substituents is 1. The lowest BCUT2D eigenvalue weighted by Crippen LogP contribution is -2.47. The molecule has 0 aliphatic carbocycles. The van der Waals surface area contributed by atoms with Crippen molar-refractivity contribution in [2.24, 2.45) is 5.73 Å². The summed E-state index contributed by atoms with van der Waals surface area (Å²) in [7, 11) is 0. The molecule has 0 bridgehead atoms. The molecule has 0 aliphatic rings. The Kier molecular flexibility index (Phi) is 5.43. The molecule has 1 atom stereocenters. The fourth-order valence-corrected chi connectivity index (χ4v) is 1.85. The van der Waals surface area contributed by atoms with Crippen molar-refractivity contribution >= 4 is 23.6 Å². The smallest absolute Gasteiger partial charge is 0.408 e. The minimum absolute atomic E-state index is 0.0134. The maximum Gasteiger partial charge on any atom is 0.408 e. The van der Waals surface area contributed by atoms with Gasteiger partial charge in [-0.2, -0.15) is 0 Å². The van der Waals surface area contributed by atoms with Crippen LogP contribution in [-0.4, -0.2) is 28.7 Å². The van der Waals surface area contributed by atoms with Crippen LogP contribution in [0.15, 0.2) is 18.2 Å². The molecule has 0 heterocycles. The first-order valence-electron chi connectivity index (χ1n) is 6.34. The van der Waals surface area contributed by atoms with E-state index in [9.17, 15) is 14.7 Å². The number of benzene rings is 1. The van der Waals surface area contributed by atoms with Crippen molar-refractivity contribution in [3.8, 4) is 5.75 Å². The summed E-state index contributed by atoms with van der Waals surface area (Å²) < 4.78 is 5.07. The first-order valence-corrected chi connectivity index (χ1v) is 6.72. The molecule has 1 rings (SSSR count). The fraction of sp³-hybridized carbons (Fsp3) is 0.429. The van der Waals surface area contributed by atoms with Gasteiger partial charge in [-0.25, -0.2) is 4.79 Å². The Morgan fingerprint density at radius 1 is 1.43 bits per heavy atom. The van der Waals surface area contributed by atoms with E-state index in [1.165, 1.54) is 12.1 Å². The van der Waals surface area contributed by atoms with Crippen LogP contribution in [0.5, 0.6) is 5.75 Å². The van der Waals surface area contributed by atoms with E-state index in [0.29, 0.717) is 5.56 Å². The molecule has 4 N–H and O–H groups in total. The van der Waals surface area contributed by atoms with Crippen LogP contribution in [-0.2, 0) is 16.0 Å². The second-order valence-electron chi connectivity index (χ2n) is 5.58. The van der Waals surface area contributed by atoms with E-state index >= 15 is 0 Å². The van der Waals surface area contributed by atoms with Crippen LogP contribution < -0.4 is 11.1 Å². The molecule has 0 saturated carbocycles. The maximum absolute atomic E-state index is 11.7. The number of hydrogen-bond donors (Lipinski definition) is 3. The number of nitrogens with one attached hydrogen (secondary N) is 1. The van der Waals surface area contributed by atoms with Gasteiger partial charge in [-0.05, 0) is 38.5 Å². The van der Waals surface area contributed by atoms with Gasteiger partial charge in [0.15, 0.2) is 0 Å². The summed E-state index contributed by atoms with van der Waals surface area (Å²) in [4.78, 5) is 23.1. The van der Waals surface area contributed by atoms with Gasteiger partial charge >= 0.3 is 6.09 Å². The highest BCUT2D eigenvalue weighted by Crippen LogP contribution is 2.22. The molecule has 116 valence electrons. The Morgan fingerprint density at radius 2 is 2.05 bits per heavy atom. The van der Waals surface area contributed by atoms with Crippen LogP contribution in [0.4, 0.5) is 4.79 Å². The first-order chi connectivity index (χ1) is 9.58. The molecule has 0 radical (unpaired) electrons. The van der Waals surface area contributed by atoms with Crippen molar-refractivity contribution in [2.45, 2.75) is 38.8 Å². The number of amides is 2. The van der Waals surface area contributed by atoms with Crippen molar-refractivity contribution in [3.63, 3.8) is 0 Å². The van der Waals surface area contributed by atoms with E-state index in [2.05, 4.69) is 5.32 Å². The largest absolute Gasteiger partial charge is 0.508 e. The van der Waals surface area contributed by atoms with E-state index in [4.69, 9.17) is 22.1 Å². The molecule has 0 aliphatic heterocycles. The molecule has 0 aromatic heterocycles. The van der Waals surface area contributed by atoms with E-state index < -0.39 is 23.6 Å². The lowest BCUT2D eigenvalue weighted by molar-refractivity contribution is -0.120. The summed E-state index contributed by atoms with van der Waals surface area (Å²) in [5, 5.41) is 12.0. The van der Waals surface area contributed by atoms with Crippen LogP contribution in [0.2, 0.25) is 5.02 Å². The Balaban J connectivity index is 2.79. The number of phenols is 1. The highest BCUT2D eigenvalue weighted by molar-refractivity contribution is 6.31. The summed E-state index contributed by atoms with van der Waals surface area (Å²) in [5.74, 6) is -0.690. The lowest BCUT2D eigenvalue weighted by atomic mass is 10.1. The molecule has 0 spiro atoms. The number of nitrogens with two attached hydrogens (primary N) is 1. The quantitative estimate of drug-likeness (QED) is 0.790. The molecule has 1 aromatic carbocycles. The molecule has 0 fully saturated rings. The molecular weight excluding hydrogens is 296 g/mol. The zero-order valence-electron chi connectivity index (χ0n) is 12.1. The number of halogens is 1. The number of alkyl carbamates (subject to hydrolysis) is 1. The Labute approximate surface area is 128 Å². The van der Waals surface area contributed by atoms with Crippen LogP contribution >= 0.6 is 11.6 Å². The number of primary amides is 1. The third kappa shape index (κ3) is 5.91. The maximum atomic E-state index is 11.7. The number of rotatable bonds is 4. The second-order valence-corrected chi connectivity index (χ2v) is 5.99. The minimum Gasteiger partial charge on any atom is -0.508 e. The molecule has 1 aromatic rings. The molecule has 6 nitrogen and oxygen atoms in total. The minimum atomic E-state index is -0.957. The average Bonchev–Trinajstić information content (AvgIpc) is 2.28. The first kappa shape index (κ1) is 17.1. The number of ether oxygens (including phenoxy) is 1. The fourth-order valence-electron chi connectivity index (χ4n) is 1.59. The van der Waals surface area contributed by atoms with Crippen LogP contribution in [0.3, 0.4) is 0 Å². The van der Waals surface area contributed by atoms with Crippen molar-refractivity contribution in [2.75, 3.05) is 0 Å². The normalized spacial score (nSPS) is 12.6. The molecule has 7 heteroatoms. The molecule has 0 saturated heterocycles. The van der Waals surface area contributed by atoms with Gasteiger partial charge in [-0.1, -0.05) is 17.7 Å². The van der Waals surface area contributed by atoms with Crippen LogP contribution in [0.25, 0.3) is 0 Å². The number of carbonyl (C=O) groups is 2. The van der Waals surface area contributed by atoms with Gasteiger partial charge in [-0.3, -0.25) is 4.79 Å². The topological polar surface area (TPSA) is 102 Å². The number of aromatic hydroxyl groups is 1. The monoisotopic (exact) mass is 314 g/mol. The number of hydrogen-bond acceptors (Lipinski definition) is 4. The van der Waals surface area contributed by atoms with Crippen molar-refractivity contribution in [3.05, 3.63) is 28.8 Å². The lowest BCUT2D eigenvalue weighted by Gasteiger charge is -2.22. The molecular formula is C14H19ClN2O4. The van der Waals surface area contributed by atoms with E-state index in [1.807, 2.05) is 0 Å². The zero-order chi connectivity index (χ0) is 16.2. The van der Waals surface area contributed by atoms with Crippen molar-refractivity contribution in [1.29, 1.82) is 0 Å². The standard InChI is InChI=1S/C14H19ClN2O4/c1-14(2,3)21-13(20)17-11(12(16)19)6-8-4-5-9(18)7-10(8)15/h4-5,7,11,18H,6H2,1-3H3,(H2,16,19)(H,17,20). The highest BCUT2D eigenvalue weighted by Gasteiger charge is 2.23. The SMILES string of the molecule is CC(C)(C)OC(=O)NC(Cc1ccc(O)cc1Cl)C(N)=O. The summed E-state index contributed by atoms with van der Waals surface area (Å²) >= 11 is 5.97. The van der Waals surface area contributed by atoms with Gasteiger partial charge in [0, 0.05) is 11.4 Å². The highest BCUT2D eigenvalue weighted by atomic mass is 35.5. The van der Waals surface area contributed by atoms with Gasteiger partial charge in [0.25, 0.3) is 0 Å². The van der Waals surface area contributed by atoms with Gasteiger partial charge < -0.3 is 20.9 Å². The third-order valence-electron chi connectivity index (χ3n) is 2.50. The summed E-state index contributed by atoms with van der Waals surface area (Å²) in [6.07, 6.45) is -0.630. The molecule has 21 heavy (non-hydrogen) atoms. The van der Waals surface area contributed by atoms with Gasteiger partial charge in [-0.15, -0.1) is 0 Å². The van der Waals surface area contributed by atoms with Crippen LogP contribution in [0.1, 0.15) is 26.3 Å². The Bertz CT molecular complexity index is 540. The molecule has 1 unspecified atom stereocenters. The van der Waals surface area contributed by atoms with Gasteiger partial charge in [0.05, 0.1) is 0 Å². The zero-order valence-corrected chi connectivity index (χ0v) is 12.9. The predicted octanol–water partition coefficient (Wildman–Crippen LogP) is 1.97.